The van der Waals surface area contributed by atoms with Crippen LogP contribution in [0.2, 0.25) is 0 Å². The monoisotopic (exact) mass is 1020 g/mol. The quantitative estimate of drug-likeness (QED) is 0.0261. The van der Waals surface area contributed by atoms with Crippen molar-refractivity contribution in [1.82, 2.24) is 0 Å². The van der Waals surface area contributed by atoms with Gasteiger partial charge in [0.05, 0.1) is 19.8 Å². The van der Waals surface area contributed by atoms with Crippen molar-refractivity contribution in [2.45, 2.75) is 270 Å². The minimum Gasteiger partial charge on any atom is -0.756 e. The van der Waals surface area contributed by atoms with E-state index in [1.54, 1.807) is 0 Å². The summed E-state index contributed by atoms with van der Waals surface area (Å²) in [5.41, 5.74) is 0. The van der Waals surface area contributed by atoms with Crippen LogP contribution in [0.4, 0.5) is 0 Å². The number of phosphoric ester groups is 2. The number of hydrogen-bond acceptors (Lipinski definition) is 13. The topological polar surface area (TPSA) is 201 Å². The van der Waals surface area contributed by atoms with Crippen molar-refractivity contribution in [2.24, 2.45) is 0 Å². The zero-order valence-corrected chi connectivity index (χ0v) is 45.6. The lowest BCUT2D eigenvalue weighted by Crippen LogP contribution is -2.29. The third kappa shape index (κ3) is 49.6. The van der Waals surface area contributed by atoms with Crippen molar-refractivity contribution >= 4 is 39.2 Å². The number of esters is 2. The average Bonchev–Trinajstić information content (AvgIpc) is 3.32. The zero-order valence-electron chi connectivity index (χ0n) is 43.8. The summed E-state index contributed by atoms with van der Waals surface area (Å²) in [6, 6.07) is 0. The molecule has 0 rings (SSSR count). The Morgan fingerprint density at radius 1 is 0.464 bits per heavy atom. The molecule has 0 aromatic rings. The predicted octanol–water partition coefficient (Wildman–Crippen LogP) is 14.7. The van der Waals surface area contributed by atoms with E-state index in [4.69, 9.17) is 18.5 Å². The average molecular weight is 1020 g/mol. The van der Waals surface area contributed by atoms with Gasteiger partial charge in [-0.3, -0.25) is 32.8 Å². The van der Waals surface area contributed by atoms with Gasteiger partial charge in [-0.15, -0.1) is 0 Å². The van der Waals surface area contributed by atoms with Gasteiger partial charge in [0.15, 0.2) is 6.10 Å². The number of rotatable bonds is 54. The Bertz CT molecular complexity index is 1380. The molecule has 69 heavy (non-hydrogen) atoms. The minimum atomic E-state index is -4.59. The number of allylic oxidation sites excluding steroid dienone is 2. The highest BCUT2D eigenvalue weighted by Gasteiger charge is 2.26. The summed E-state index contributed by atoms with van der Waals surface area (Å²) in [4.78, 5) is 71.6. The van der Waals surface area contributed by atoms with E-state index < -0.39 is 40.3 Å². The Balaban J connectivity index is 4.57. The second kappa shape index (κ2) is 48.5. The molecular weight excluding hydrogens is 923 g/mol. The Morgan fingerprint density at radius 2 is 0.855 bits per heavy atom. The molecule has 16 heteroatoms. The molecule has 0 amide bonds. The molecule has 0 aliphatic rings. The molecule has 0 aliphatic carbocycles. The molecule has 0 saturated carbocycles. The summed E-state index contributed by atoms with van der Waals surface area (Å²) in [6.07, 6.45) is 39.6. The van der Waals surface area contributed by atoms with Crippen LogP contribution in [0.1, 0.15) is 264 Å². The SMILES string of the molecule is CCCCCCCC/C=C\CCCCCCCC(=O)O[C@H](COC(=O)CCCCCCCCCCCCCCC)COP(=O)(O)OCCCC(=O)CCCC(=O)CCCCCCCOP(=O)([O-])OC. The highest BCUT2D eigenvalue weighted by molar-refractivity contribution is 7.47. The van der Waals surface area contributed by atoms with E-state index >= 15 is 0 Å². The normalized spacial score (nSPS) is 13.9. The molecule has 0 saturated heterocycles. The molecule has 0 bridgehead atoms. The fraction of sp³-hybridized carbons (Fsp3) is 0.887. The van der Waals surface area contributed by atoms with Crippen LogP contribution in [-0.2, 0) is 55.9 Å². The van der Waals surface area contributed by atoms with Crippen LogP contribution in [-0.4, -0.2) is 68.0 Å². The van der Waals surface area contributed by atoms with Gasteiger partial charge in [-0.05, 0) is 64.2 Å². The molecule has 14 nitrogen and oxygen atoms in total. The highest BCUT2D eigenvalue weighted by atomic mass is 31.2. The van der Waals surface area contributed by atoms with Gasteiger partial charge in [-0.1, -0.05) is 174 Å². The van der Waals surface area contributed by atoms with Gasteiger partial charge in [0.1, 0.15) is 18.2 Å². The van der Waals surface area contributed by atoms with Crippen molar-refractivity contribution in [2.75, 3.05) is 33.5 Å². The first-order valence-corrected chi connectivity index (χ1v) is 30.5. The summed E-state index contributed by atoms with van der Waals surface area (Å²) in [6.45, 7) is 3.50. The molecule has 0 heterocycles. The number of hydrogen-bond donors (Lipinski definition) is 1. The summed E-state index contributed by atoms with van der Waals surface area (Å²) in [5.74, 6) is -0.930. The van der Waals surface area contributed by atoms with Crippen LogP contribution in [0.15, 0.2) is 12.2 Å². The second-order valence-corrected chi connectivity index (χ2v) is 21.7. The van der Waals surface area contributed by atoms with Gasteiger partial charge in [-0.2, -0.15) is 0 Å². The Kier molecular flexibility index (Phi) is 47.3. The van der Waals surface area contributed by atoms with Crippen molar-refractivity contribution in [3.63, 3.8) is 0 Å². The standard InChI is InChI=1S/C53H100O14P2/c1-4-6-8-10-12-14-16-18-19-21-23-25-27-31-35-44-53(57)67-51(47-63-52(56)43-34-30-26-24-22-20-17-15-13-11-9-7-5-2)48-66-69(60,61)65-46-38-42-50(55)41-37-40-49(54)39-33-29-28-32-36-45-64-68(58,59)62-3/h18-19,51H,4-17,20-48H2,1-3H3,(H,58,59)(H,60,61)/p-1/b19-18-/t51-/m1/s1. The van der Waals surface area contributed by atoms with Gasteiger partial charge >= 0.3 is 19.8 Å². The number of ketones is 2. The first kappa shape index (κ1) is 67.2. The van der Waals surface area contributed by atoms with E-state index in [-0.39, 0.29) is 63.5 Å². The molecule has 2 unspecified atom stereocenters. The number of ether oxygens (including phenoxy) is 2. The van der Waals surface area contributed by atoms with E-state index in [9.17, 15) is 38.1 Å². The van der Waals surface area contributed by atoms with Crippen LogP contribution in [0.25, 0.3) is 0 Å². The van der Waals surface area contributed by atoms with Crippen molar-refractivity contribution in [3.8, 4) is 0 Å². The van der Waals surface area contributed by atoms with Gasteiger partial charge in [-0.25, -0.2) is 4.57 Å². The summed E-state index contributed by atoms with van der Waals surface area (Å²) >= 11 is 0. The molecule has 3 atom stereocenters. The minimum absolute atomic E-state index is 0.0674. The van der Waals surface area contributed by atoms with Gasteiger partial charge in [0.2, 0.25) is 0 Å². The smallest absolute Gasteiger partial charge is 0.472 e. The van der Waals surface area contributed by atoms with E-state index in [1.165, 1.54) is 96.3 Å². The van der Waals surface area contributed by atoms with Crippen LogP contribution in [0, 0.1) is 0 Å². The molecule has 0 aromatic heterocycles. The Morgan fingerprint density at radius 3 is 1.35 bits per heavy atom. The van der Waals surface area contributed by atoms with Crippen LogP contribution in [0.5, 0.6) is 0 Å². The molecule has 0 aliphatic heterocycles. The molecule has 0 radical (unpaired) electrons. The van der Waals surface area contributed by atoms with Crippen molar-refractivity contribution in [3.05, 3.63) is 12.2 Å². The molecular formula is C53H99O14P2-. The Hall–Kier alpha value is -1.76. The molecule has 1 N–H and O–H groups in total. The van der Waals surface area contributed by atoms with Crippen LogP contribution >= 0.6 is 15.6 Å². The predicted molar refractivity (Wildman–Crippen MR) is 274 cm³/mol. The second-order valence-electron chi connectivity index (χ2n) is 18.7. The molecule has 0 spiro atoms. The fourth-order valence-electron chi connectivity index (χ4n) is 7.83. The third-order valence-corrected chi connectivity index (χ3v) is 14.0. The third-order valence-electron chi connectivity index (χ3n) is 12.1. The number of unbranched alkanes of at least 4 members (excludes halogenated alkanes) is 27. The lowest BCUT2D eigenvalue weighted by atomic mass is 10.0. The van der Waals surface area contributed by atoms with Gasteiger partial charge in [0, 0.05) is 45.6 Å². The van der Waals surface area contributed by atoms with Crippen LogP contribution < -0.4 is 4.89 Å². The lowest BCUT2D eigenvalue weighted by molar-refractivity contribution is -0.223. The summed E-state index contributed by atoms with van der Waals surface area (Å²) in [7, 11) is -7.73. The van der Waals surface area contributed by atoms with Crippen LogP contribution in [0.3, 0.4) is 0 Å². The van der Waals surface area contributed by atoms with Gasteiger partial charge < -0.3 is 28.3 Å². The van der Waals surface area contributed by atoms with E-state index in [0.717, 1.165) is 90.6 Å². The Labute approximate surface area is 419 Å². The molecule has 0 aromatic carbocycles. The number of carbonyl (C=O) groups excluding carboxylic acids is 4. The number of Topliss-reactive ketones (excluding diaryl/α,β-unsaturated/α-hetero) is 2. The largest absolute Gasteiger partial charge is 0.756 e. The summed E-state index contributed by atoms with van der Waals surface area (Å²) in [5, 5.41) is 0. The fourth-order valence-corrected chi connectivity index (χ4v) is 9.07. The van der Waals surface area contributed by atoms with E-state index in [1.807, 2.05) is 0 Å². The van der Waals surface area contributed by atoms with Crippen molar-refractivity contribution < 1.29 is 65.7 Å². The van der Waals surface area contributed by atoms with Crippen molar-refractivity contribution in [1.29, 1.82) is 0 Å². The number of phosphoric acid groups is 2. The van der Waals surface area contributed by atoms with E-state index in [0.29, 0.717) is 38.5 Å². The molecule has 0 fully saturated rings. The maximum Gasteiger partial charge on any atom is 0.472 e. The molecule has 406 valence electrons. The van der Waals surface area contributed by atoms with Gasteiger partial charge in [0.25, 0.3) is 7.82 Å². The first-order chi connectivity index (χ1) is 33.3. The summed E-state index contributed by atoms with van der Waals surface area (Å²) < 4.78 is 54.1. The highest BCUT2D eigenvalue weighted by Crippen LogP contribution is 2.43. The lowest BCUT2D eigenvalue weighted by Gasteiger charge is -2.20. The first-order valence-electron chi connectivity index (χ1n) is 27.5. The zero-order chi connectivity index (χ0) is 50.9. The maximum absolute atomic E-state index is 12.8. The number of carbonyl (C=O) groups is 4. The maximum atomic E-state index is 12.8. The van der Waals surface area contributed by atoms with E-state index in [2.05, 4.69) is 35.0 Å².